The van der Waals surface area contributed by atoms with Crippen LogP contribution >= 0.6 is 0 Å². The maximum Gasteiger partial charge on any atom is 0.412 e. The van der Waals surface area contributed by atoms with E-state index in [9.17, 15) is 9.59 Å². The highest BCUT2D eigenvalue weighted by molar-refractivity contribution is 6.07. The Kier molecular flexibility index (Phi) is 7.51. The number of hydrogen-bond donors (Lipinski definition) is 3. The molecule has 0 unspecified atom stereocenters. The third-order valence-corrected chi connectivity index (χ3v) is 5.41. The lowest BCUT2D eigenvalue weighted by atomic mass is 10.0. The summed E-state index contributed by atoms with van der Waals surface area (Å²) in [6, 6.07) is 24.0. The highest BCUT2D eigenvalue weighted by Crippen LogP contribution is 2.23. The van der Waals surface area contributed by atoms with E-state index in [2.05, 4.69) is 22.0 Å². The fourth-order valence-electron chi connectivity index (χ4n) is 3.62. The summed E-state index contributed by atoms with van der Waals surface area (Å²) in [5.74, 6) is -0.247. The monoisotopic (exact) mass is 441 g/mol. The fourth-order valence-corrected chi connectivity index (χ4v) is 3.62. The zero-order valence-corrected chi connectivity index (χ0v) is 18.3. The van der Waals surface area contributed by atoms with Gasteiger partial charge in [0.25, 0.3) is 5.91 Å². The van der Waals surface area contributed by atoms with Gasteiger partial charge in [-0.25, -0.2) is 4.79 Å². The minimum absolute atomic E-state index is 0.167. The van der Waals surface area contributed by atoms with Gasteiger partial charge >= 0.3 is 6.09 Å². The van der Waals surface area contributed by atoms with E-state index >= 15 is 0 Å². The van der Waals surface area contributed by atoms with Gasteiger partial charge in [-0.15, -0.1) is 0 Å². The molecule has 1 fully saturated rings. The van der Waals surface area contributed by atoms with Gasteiger partial charge in [0.1, 0.15) is 6.61 Å². The predicted molar refractivity (Wildman–Crippen MR) is 131 cm³/mol. The molecule has 3 N–H and O–H groups in total. The SMILES string of the molecule is O=C(Nc1ccccc1NC(=O)c1ccc(C=C2CCNCC2)cc1)OCc1ccccc1. The van der Waals surface area contributed by atoms with E-state index in [1.807, 2.05) is 54.6 Å². The number of para-hydroxylation sites is 2. The first kappa shape index (κ1) is 22.3. The van der Waals surface area contributed by atoms with Gasteiger partial charge in [0, 0.05) is 5.56 Å². The minimum Gasteiger partial charge on any atom is -0.444 e. The molecule has 1 heterocycles. The van der Waals surface area contributed by atoms with E-state index in [4.69, 9.17) is 4.74 Å². The van der Waals surface area contributed by atoms with E-state index in [1.54, 1.807) is 24.3 Å². The number of benzene rings is 3. The first-order valence-corrected chi connectivity index (χ1v) is 11.1. The van der Waals surface area contributed by atoms with Gasteiger partial charge < -0.3 is 15.4 Å². The van der Waals surface area contributed by atoms with Crippen LogP contribution in [0, 0.1) is 0 Å². The molecule has 1 aliphatic rings. The van der Waals surface area contributed by atoms with Crippen molar-refractivity contribution in [3.05, 3.63) is 101 Å². The minimum atomic E-state index is -0.587. The third kappa shape index (κ3) is 6.54. The van der Waals surface area contributed by atoms with Crippen LogP contribution in [-0.2, 0) is 11.3 Å². The molecule has 2 amide bonds. The van der Waals surface area contributed by atoms with Gasteiger partial charge in [-0.2, -0.15) is 0 Å². The number of nitrogens with one attached hydrogen (secondary N) is 3. The van der Waals surface area contributed by atoms with E-state index < -0.39 is 6.09 Å². The normalized spacial score (nSPS) is 13.2. The number of carbonyl (C=O) groups excluding carboxylic acids is 2. The largest absolute Gasteiger partial charge is 0.444 e. The molecule has 1 saturated heterocycles. The Morgan fingerprint density at radius 3 is 2.15 bits per heavy atom. The van der Waals surface area contributed by atoms with Crippen molar-refractivity contribution < 1.29 is 14.3 Å². The van der Waals surface area contributed by atoms with Gasteiger partial charge in [0.2, 0.25) is 0 Å². The molecule has 0 radical (unpaired) electrons. The molecule has 0 saturated carbocycles. The van der Waals surface area contributed by atoms with Crippen LogP contribution in [0.15, 0.2) is 84.4 Å². The summed E-state index contributed by atoms with van der Waals surface area (Å²) in [5.41, 5.74) is 4.92. The first-order valence-electron chi connectivity index (χ1n) is 11.1. The number of anilines is 2. The van der Waals surface area contributed by atoms with Crippen LogP contribution in [0.2, 0.25) is 0 Å². The summed E-state index contributed by atoms with van der Waals surface area (Å²) < 4.78 is 5.28. The maximum absolute atomic E-state index is 12.8. The average Bonchev–Trinajstić information content (AvgIpc) is 2.86. The number of hydrogen-bond acceptors (Lipinski definition) is 4. The summed E-state index contributed by atoms with van der Waals surface area (Å²) in [5, 5.41) is 8.93. The second-order valence-corrected chi connectivity index (χ2v) is 7.86. The molecule has 3 aromatic carbocycles. The van der Waals surface area contributed by atoms with Crippen molar-refractivity contribution in [1.82, 2.24) is 5.32 Å². The quantitative estimate of drug-likeness (QED) is 0.475. The Bertz CT molecular complexity index is 1120. The van der Waals surface area contributed by atoms with E-state index in [0.717, 1.165) is 37.1 Å². The van der Waals surface area contributed by atoms with Crippen molar-refractivity contribution in [3.8, 4) is 0 Å². The highest BCUT2D eigenvalue weighted by Gasteiger charge is 2.12. The Balaban J connectivity index is 1.36. The van der Waals surface area contributed by atoms with Crippen molar-refractivity contribution in [2.75, 3.05) is 23.7 Å². The van der Waals surface area contributed by atoms with Crippen molar-refractivity contribution in [3.63, 3.8) is 0 Å². The topological polar surface area (TPSA) is 79.5 Å². The Labute approximate surface area is 193 Å². The molecule has 0 spiro atoms. The smallest absolute Gasteiger partial charge is 0.412 e. The van der Waals surface area contributed by atoms with Crippen molar-refractivity contribution in [2.45, 2.75) is 19.4 Å². The van der Waals surface area contributed by atoms with Gasteiger partial charge in [-0.05, 0) is 61.3 Å². The molecule has 6 nitrogen and oxygen atoms in total. The van der Waals surface area contributed by atoms with Crippen molar-refractivity contribution in [1.29, 1.82) is 0 Å². The first-order chi connectivity index (χ1) is 16.2. The zero-order chi connectivity index (χ0) is 22.9. The van der Waals surface area contributed by atoms with Crippen LogP contribution in [0.4, 0.5) is 16.2 Å². The highest BCUT2D eigenvalue weighted by atomic mass is 16.5. The number of ether oxygens (including phenoxy) is 1. The molecule has 168 valence electrons. The van der Waals surface area contributed by atoms with Crippen LogP contribution in [0.1, 0.15) is 34.3 Å². The summed E-state index contributed by atoms with van der Waals surface area (Å²) in [6.07, 6.45) is 3.72. The number of carbonyl (C=O) groups is 2. The lowest BCUT2D eigenvalue weighted by Gasteiger charge is -2.15. The molecule has 4 rings (SSSR count). The molecule has 0 aromatic heterocycles. The molecule has 1 aliphatic heterocycles. The van der Waals surface area contributed by atoms with Gasteiger partial charge in [0.05, 0.1) is 11.4 Å². The third-order valence-electron chi connectivity index (χ3n) is 5.41. The number of amides is 2. The van der Waals surface area contributed by atoms with Crippen LogP contribution in [0.3, 0.4) is 0 Å². The standard InChI is InChI=1S/C27H27N3O3/c31-26(23-12-10-20(11-13-23)18-21-14-16-28-17-15-21)29-24-8-4-5-9-25(24)30-27(32)33-19-22-6-2-1-3-7-22/h1-13,18,28H,14-17,19H2,(H,29,31)(H,30,32). The fraction of sp³-hybridized carbons (Fsp3) is 0.185. The summed E-state index contributed by atoms with van der Waals surface area (Å²) >= 11 is 0. The van der Waals surface area contributed by atoms with Crippen LogP contribution < -0.4 is 16.0 Å². The average molecular weight is 442 g/mol. The zero-order valence-electron chi connectivity index (χ0n) is 18.3. The lowest BCUT2D eigenvalue weighted by molar-refractivity contribution is 0.102. The number of rotatable bonds is 6. The van der Waals surface area contributed by atoms with E-state index in [0.29, 0.717) is 16.9 Å². The Morgan fingerprint density at radius 1 is 0.818 bits per heavy atom. The predicted octanol–water partition coefficient (Wildman–Crippen LogP) is 5.45. The second-order valence-electron chi connectivity index (χ2n) is 7.86. The number of piperidine rings is 1. The van der Waals surface area contributed by atoms with Gasteiger partial charge in [-0.3, -0.25) is 10.1 Å². The Hall–Kier alpha value is -3.90. The van der Waals surface area contributed by atoms with Gasteiger partial charge in [0.15, 0.2) is 0 Å². The van der Waals surface area contributed by atoms with E-state index in [1.165, 1.54) is 5.57 Å². The molecule has 0 atom stereocenters. The molecule has 6 heteroatoms. The van der Waals surface area contributed by atoms with Crippen molar-refractivity contribution in [2.24, 2.45) is 0 Å². The maximum atomic E-state index is 12.8. The molecular formula is C27H27N3O3. The molecule has 33 heavy (non-hydrogen) atoms. The Morgan fingerprint density at radius 2 is 1.45 bits per heavy atom. The second kappa shape index (κ2) is 11.1. The van der Waals surface area contributed by atoms with Crippen molar-refractivity contribution >= 4 is 29.5 Å². The molecule has 0 aliphatic carbocycles. The van der Waals surface area contributed by atoms with E-state index in [-0.39, 0.29) is 12.5 Å². The molecular weight excluding hydrogens is 414 g/mol. The van der Waals surface area contributed by atoms with Crippen LogP contribution in [0.25, 0.3) is 6.08 Å². The summed E-state index contributed by atoms with van der Waals surface area (Å²) in [6.45, 7) is 2.19. The lowest BCUT2D eigenvalue weighted by Crippen LogP contribution is -2.22. The molecule has 0 bridgehead atoms. The summed E-state index contributed by atoms with van der Waals surface area (Å²) in [4.78, 5) is 25.0. The van der Waals surface area contributed by atoms with Gasteiger partial charge in [-0.1, -0.05) is 66.2 Å². The van der Waals surface area contributed by atoms with Crippen LogP contribution in [-0.4, -0.2) is 25.1 Å². The van der Waals surface area contributed by atoms with Crippen LogP contribution in [0.5, 0.6) is 0 Å². The summed E-state index contributed by atoms with van der Waals surface area (Å²) in [7, 11) is 0. The molecule has 3 aromatic rings.